The lowest BCUT2D eigenvalue weighted by Gasteiger charge is -2.17. The maximum atomic E-state index is 11.9. The minimum Gasteiger partial charge on any atom is -0.496 e. The highest BCUT2D eigenvalue weighted by Gasteiger charge is 2.15. The molecule has 2 N–H and O–H groups in total. The molecule has 8 nitrogen and oxygen atoms in total. The first-order valence-electron chi connectivity index (χ1n) is 10.1. The number of aromatic nitrogens is 3. The summed E-state index contributed by atoms with van der Waals surface area (Å²) in [6.45, 7) is 5.22. The molecule has 0 fully saturated rings. The van der Waals surface area contributed by atoms with E-state index in [1.54, 1.807) is 32.5 Å². The Hall–Kier alpha value is -3.68. The van der Waals surface area contributed by atoms with Crippen LogP contribution in [-0.4, -0.2) is 48.2 Å². The first kappa shape index (κ1) is 22.0. The minimum absolute atomic E-state index is 0.124. The summed E-state index contributed by atoms with van der Waals surface area (Å²) < 4.78 is 10.9. The number of anilines is 1. The van der Waals surface area contributed by atoms with Crippen molar-refractivity contribution >= 4 is 11.7 Å². The average Bonchev–Trinajstić information content (AvgIpc) is 2.82. The molecular formula is C23H27N5O3. The van der Waals surface area contributed by atoms with E-state index in [9.17, 15) is 4.79 Å². The zero-order valence-corrected chi connectivity index (χ0v) is 18.2. The minimum atomic E-state index is -0.145. The lowest BCUT2D eigenvalue weighted by molar-refractivity contribution is 0.0962. The van der Waals surface area contributed by atoms with Gasteiger partial charge in [0.05, 0.1) is 19.4 Å². The van der Waals surface area contributed by atoms with Gasteiger partial charge in [-0.15, -0.1) is 0 Å². The molecule has 0 aliphatic carbocycles. The van der Waals surface area contributed by atoms with E-state index in [1.807, 2.05) is 31.2 Å². The number of benzene rings is 1. The van der Waals surface area contributed by atoms with Crippen molar-refractivity contribution in [2.75, 3.05) is 32.6 Å². The molecule has 0 aliphatic heterocycles. The molecule has 0 radical (unpaired) electrons. The topological polar surface area (TPSA) is 98.3 Å². The predicted octanol–water partition coefficient (Wildman–Crippen LogP) is 3.52. The van der Waals surface area contributed by atoms with Gasteiger partial charge in [0.1, 0.15) is 17.9 Å². The second-order valence-corrected chi connectivity index (χ2v) is 6.92. The van der Waals surface area contributed by atoms with E-state index in [4.69, 9.17) is 9.47 Å². The highest BCUT2D eigenvalue weighted by atomic mass is 16.5. The van der Waals surface area contributed by atoms with Crippen molar-refractivity contribution in [3.63, 3.8) is 0 Å². The van der Waals surface area contributed by atoms with Crippen LogP contribution in [-0.2, 0) is 0 Å². The Balaban J connectivity index is 1.70. The van der Waals surface area contributed by atoms with Crippen LogP contribution in [0.2, 0.25) is 0 Å². The van der Waals surface area contributed by atoms with Crippen molar-refractivity contribution in [2.24, 2.45) is 0 Å². The summed E-state index contributed by atoms with van der Waals surface area (Å²) in [7, 11) is 3.21. The van der Waals surface area contributed by atoms with Crippen LogP contribution in [0.25, 0.3) is 11.3 Å². The van der Waals surface area contributed by atoms with E-state index >= 15 is 0 Å². The molecule has 0 aliphatic rings. The standard InChI is InChI=1S/C23H27N5O3/c1-5-31-22-9-7-17(13-26-22)19-11-21(28-14-27-19)25-12-15(2)18-8-6-16(23(29)24-3)10-20(18)30-4/h6-11,13-15H,5,12H2,1-4H3,(H,24,29)(H,25,27,28). The second-order valence-electron chi connectivity index (χ2n) is 6.92. The molecule has 1 unspecified atom stereocenters. The number of amides is 1. The van der Waals surface area contributed by atoms with Crippen molar-refractivity contribution in [1.82, 2.24) is 20.3 Å². The van der Waals surface area contributed by atoms with Crippen LogP contribution >= 0.6 is 0 Å². The van der Waals surface area contributed by atoms with Crippen LogP contribution in [0.5, 0.6) is 11.6 Å². The van der Waals surface area contributed by atoms with Crippen LogP contribution in [0.1, 0.15) is 35.7 Å². The SMILES string of the molecule is CCOc1ccc(-c2cc(NCC(C)c3ccc(C(=O)NC)cc3OC)ncn2)cn1. The number of ether oxygens (including phenoxy) is 2. The highest BCUT2D eigenvalue weighted by Crippen LogP contribution is 2.28. The van der Waals surface area contributed by atoms with Gasteiger partial charge in [-0.3, -0.25) is 4.79 Å². The van der Waals surface area contributed by atoms with Crippen LogP contribution in [0.4, 0.5) is 5.82 Å². The van der Waals surface area contributed by atoms with Crippen molar-refractivity contribution in [1.29, 1.82) is 0 Å². The van der Waals surface area contributed by atoms with E-state index in [1.165, 1.54) is 6.33 Å². The molecule has 162 valence electrons. The smallest absolute Gasteiger partial charge is 0.251 e. The number of hydrogen-bond acceptors (Lipinski definition) is 7. The molecular weight excluding hydrogens is 394 g/mol. The number of carbonyl (C=O) groups excluding carboxylic acids is 1. The monoisotopic (exact) mass is 421 g/mol. The molecule has 1 amide bonds. The van der Waals surface area contributed by atoms with Crippen LogP contribution in [0.15, 0.2) is 48.9 Å². The van der Waals surface area contributed by atoms with Crippen LogP contribution in [0, 0.1) is 0 Å². The lowest BCUT2D eigenvalue weighted by Crippen LogP contribution is -2.18. The first-order chi connectivity index (χ1) is 15.0. The van der Waals surface area contributed by atoms with Gasteiger partial charge in [0.2, 0.25) is 5.88 Å². The lowest BCUT2D eigenvalue weighted by atomic mass is 9.98. The summed E-state index contributed by atoms with van der Waals surface area (Å²) >= 11 is 0. The largest absolute Gasteiger partial charge is 0.496 e. The fraction of sp³-hybridized carbons (Fsp3) is 0.304. The third-order valence-corrected chi connectivity index (χ3v) is 4.83. The molecule has 0 bridgehead atoms. The molecule has 3 aromatic rings. The molecule has 8 heteroatoms. The number of methoxy groups -OCH3 is 1. The van der Waals surface area contributed by atoms with Crippen molar-refractivity contribution in [3.05, 3.63) is 60.0 Å². The Kier molecular flexibility index (Phi) is 7.37. The number of nitrogens with one attached hydrogen (secondary N) is 2. The fourth-order valence-electron chi connectivity index (χ4n) is 3.15. The van der Waals surface area contributed by atoms with Gasteiger partial charge >= 0.3 is 0 Å². The second kappa shape index (κ2) is 10.4. The van der Waals surface area contributed by atoms with E-state index < -0.39 is 0 Å². The number of rotatable bonds is 9. The molecule has 31 heavy (non-hydrogen) atoms. The molecule has 0 saturated carbocycles. The van der Waals surface area contributed by atoms with Gasteiger partial charge in [-0.25, -0.2) is 15.0 Å². The number of hydrogen-bond donors (Lipinski definition) is 2. The summed E-state index contributed by atoms with van der Waals surface area (Å²) in [5.41, 5.74) is 3.22. The Morgan fingerprint density at radius 1 is 1.13 bits per heavy atom. The zero-order chi connectivity index (χ0) is 22.2. The van der Waals surface area contributed by atoms with E-state index in [-0.39, 0.29) is 11.8 Å². The van der Waals surface area contributed by atoms with Crippen molar-refractivity contribution in [3.8, 4) is 22.9 Å². The van der Waals surface area contributed by atoms with Gasteiger partial charge in [0, 0.05) is 49.0 Å². The van der Waals surface area contributed by atoms with Crippen LogP contribution < -0.4 is 20.1 Å². The van der Waals surface area contributed by atoms with Gasteiger partial charge in [-0.05, 0) is 30.7 Å². The number of nitrogens with zero attached hydrogens (tertiary/aromatic N) is 3. The number of pyridine rings is 1. The Morgan fingerprint density at radius 3 is 2.65 bits per heavy atom. The summed E-state index contributed by atoms with van der Waals surface area (Å²) in [4.78, 5) is 24.8. The quantitative estimate of drug-likeness (QED) is 0.545. The Morgan fingerprint density at radius 2 is 1.97 bits per heavy atom. The Labute approximate surface area is 182 Å². The van der Waals surface area contributed by atoms with Gasteiger partial charge in [0.15, 0.2) is 0 Å². The molecule has 2 heterocycles. The van der Waals surface area contributed by atoms with Crippen molar-refractivity contribution in [2.45, 2.75) is 19.8 Å². The molecule has 1 aromatic carbocycles. The summed E-state index contributed by atoms with van der Waals surface area (Å²) in [5.74, 6) is 1.96. The first-order valence-corrected chi connectivity index (χ1v) is 10.1. The van der Waals surface area contributed by atoms with E-state index in [0.717, 1.165) is 16.8 Å². The van der Waals surface area contributed by atoms with E-state index in [2.05, 4.69) is 32.5 Å². The predicted molar refractivity (Wildman–Crippen MR) is 120 cm³/mol. The third kappa shape index (κ3) is 5.48. The molecule has 3 rings (SSSR count). The zero-order valence-electron chi connectivity index (χ0n) is 18.2. The average molecular weight is 422 g/mol. The maximum absolute atomic E-state index is 11.9. The summed E-state index contributed by atoms with van der Waals surface area (Å²) in [6.07, 6.45) is 3.26. The Bertz CT molecular complexity index is 1020. The van der Waals surface area contributed by atoms with Crippen LogP contribution in [0.3, 0.4) is 0 Å². The molecule has 0 spiro atoms. The number of carbonyl (C=O) groups is 1. The van der Waals surface area contributed by atoms with E-state index in [0.29, 0.717) is 36.2 Å². The van der Waals surface area contributed by atoms with Crippen molar-refractivity contribution < 1.29 is 14.3 Å². The maximum Gasteiger partial charge on any atom is 0.251 e. The highest BCUT2D eigenvalue weighted by molar-refractivity contribution is 5.94. The van der Waals surface area contributed by atoms with Gasteiger partial charge in [0.25, 0.3) is 5.91 Å². The fourth-order valence-corrected chi connectivity index (χ4v) is 3.15. The summed E-state index contributed by atoms with van der Waals surface area (Å²) in [5, 5.41) is 5.98. The molecule has 1 atom stereocenters. The van der Waals surface area contributed by atoms with Gasteiger partial charge in [-0.1, -0.05) is 13.0 Å². The third-order valence-electron chi connectivity index (χ3n) is 4.83. The molecule has 2 aromatic heterocycles. The van der Waals surface area contributed by atoms with Gasteiger partial charge in [-0.2, -0.15) is 0 Å². The van der Waals surface area contributed by atoms with Gasteiger partial charge < -0.3 is 20.1 Å². The molecule has 0 saturated heterocycles. The summed E-state index contributed by atoms with van der Waals surface area (Å²) in [6, 6.07) is 11.1. The normalized spacial score (nSPS) is 11.5.